The second kappa shape index (κ2) is 4.31. The third kappa shape index (κ3) is 2.27. The highest BCUT2D eigenvalue weighted by atomic mass is 19.3. The van der Waals surface area contributed by atoms with Gasteiger partial charge in [-0.05, 0) is 18.6 Å². The van der Waals surface area contributed by atoms with Crippen molar-refractivity contribution in [1.82, 2.24) is 4.98 Å². The Morgan fingerprint density at radius 3 is 2.67 bits per heavy atom. The van der Waals surface area contributed by atoms with E-state index >= 15 is 0 Å². The molecule has 0 aromatic carbocycles. The van der Waals surface area contributed by atoms with E-state index in [9.17, 15) is 13.6 Å². The number of nitrogens with zero attached hydrogens (tertiary/aromatic N) is 1. The Morgan fingerprint density at radius 1 is 1.67 bits per heavy atom. The average molecular weight is 216 g/mol. The number of carbonyl (C=O) groups is 1. The van der Waals surface area contributed by atoms with Crippen molar-refractivity contribution in [2.24, 2.45) is 5.73 Å². The van der Waals surface area contributed by atoms with Crippen LogP contribution in [0.1, 0.15) is 33.7 Å². The molecule has 82 valence electrons. The number of aromatic nitrogens is 1. The van der Waals surface area contributed by atoms with Gasteiger partial charge in [0.2, 0.25) is 0 Å². The Balaban J connectivity index is 3.39. The van der Waals surface area contributed by atoms with Gasteiger partial charge in [0, 0.05) is 6.54 Å². The molecule has 0 fully saturated rings. The number of alkyl halides is 2. The van der Waals surface area contributed by atoms with Gasteiger partial charge in [-0.2, -0.15) is 0 Å². The molecule has 1 heterocycles. The van der Waals surface area contributed by atoms with Crippen LogP contribution >= 0.6 is 0 Å². The number of carboxylic acids is 1. The summed E-state index contributed by atoms with van der Waals surface area (Å²) < 4.78 is 24.9. The zero-order valence-corrected chi connectivity index (χ0v) is 8.00. The topological polar surface area (TPSA) is 76.2 Å². The van der Waals surface area contributed by atoms with E-state index in [-0.39, 0.29) is 6.54 Å². The molecule has 0 radical (unpaired) electrons. The Kier molecular flexibility index (Phi) is 3.31. The Morgan fingerprint density at radius 2 is 2.27 bits per heavy atom. The molecule has 0 spiro atoms. The minimum atomic E-state index is -2.85. The van der Waals surface area contributed by atoms with Gasteiger partial charge in [0.25, 0.3) is 6.43 Å². The quantitative estimate of drug-likeness (QED) is 0.802. The largest absolute Gasteiger partial charge is 0.476 e. The number of carboxylic acid groups (broad SMARTS) is 1. The van der Waals surface area contributed by atoms with Crippen LogP contribution in [0.2, 0.25) is 0 Å². The van der Waals surface area contributed by atoms with Crippen LogP contribution in [0.3, 0.4) is 0 Å². The first-order valence-corrected chi connectivity index (χ1v) is 4.19. The van der Waals surface area contributed by atoms with Crippen molar-refractivity contribution in [2.75, 3.05) is 0 Å². The first-order chi connectivity index (χ1) is 6.97. The molecule has 0 atom stereocenters. The van der Waals surface area contributed by atoms with Crippen LogP contribution in [0.5, 0.6) is 0 Å². The van der Waals surface area contributed by atoms with Gasteiger partial charge < -0.3 is 10.8 Å². The molecule has 0 aliphatic carbocycles. The number of aromatic carboxylic acids is 1. The maximum Gasteiger partial charge on any atom is 0.355 e. The van der Waals surface area contributed by atoms with E-state index in [1.54, 1.807) is 6.92 Å². The summed E-state index contributed by atoms with van der Waals surface area (Å²) in [6.07, 6.45) is -2.85. The lowest BCUT2D eigenvalue weighted by Gasteiger charge is -2.09. The minimum absolute atomic E-state index is 0.0234. The molecule has 0 aliphatic heterocycles. The summed E-state index contributed by atoms with van der Waals surface area (Å²) in [4.78, 5) is 14.3. The van der Waals surface area contributed by atoms with Crippen molar-refractivity contribution in [3.8, 4) is 0 Å². The summed E-state index contributed by atoms with van der Waals surface area (Å²) in [6, 6.07) is 1.11. The SMILES string of the molecule is Cc1cc(C(F)F)c(C(=O)O)nc1CN. The third-order valence-corrected chi connectivity index (χ3v) is 1.98. The first kappa shape index (κ1) is 11.5. The molecule has 1 aromatic rings. The van der Waals surface area contributed by atoms with E-state index in [1.807, 2.05) is 0 Å². The number of nitrogens with two attached hydrogens (primary N) is 1. The predicted octanol–water partition coefficient (Wildman–Crippen LogP) is 1.48. The van der Waals surface area contributed by atoms with Crippen LogP contribution in [0.25, 0.3) is 0 Å². The minimum Gasteiger partial charge on any atom is -0.476 e. The van der Waals surface area contributed by atoms with Crippen LogP contribution in [0.15, 0.2) is 6.07 Å². The second-order valence-electron chi connectivity index (χ2n) is 3.00. The number of hydrogen-bond acceptors (Lipinski definition) is 3. The Hall–Kier alpha value is -1.56. The van der Waals surface area contributed by atoms with Gasteiger partial charge in [-0.3, -0.25) is 0 Å². The van der Waals surface area contributed by atoms with Gasteiger partial charge in [0.1, 0.15) is 0 Å². The zero-order valence-electron chi connectivity index (χ0n) is 8.00. The fraction of sp³-hybridized carbons (Fsp3) is 0.333. The van der Waals surface area contributed by atoms with E-state index in [1.165, 1.54) is 0 Å². The monoisotopic (exact) mass is 216 g/mol. The number of pyridine rings is 1. The molecule has 4 nitrogen and oxygen atoms in total. The van der Waals surface area contributed by atoms with E-state index < -0.39 is 23.7 Å². The molecule has 0 aliphatic rings. The lowest BCUT2D eigenvalue weighted by molar-refractivity contribution is 0.0676. The van der Waals surface area contributed by atoms with Crippen molar-refractivity contribution in [2.45, 2.75) is 19.9 Å². The molecule has 3 N–H and O–H groups in total. The molecule has 0 bridgehead atoms. The summed E-state index contributed by atoms with van der Waals surface area (Å²) in [5.74, 6) is -1.47. The normalized spacial score (nSPS) is 10.7. The van der Waals surface area contributed by atoms with Crippen LogP contribution in [0.4, 0.5) is 8.78 Å². The van der Waals surface area contributed by atoms with E-state index in [2.05, 4.69) is 4.98 Å². The lowest BCUT2D eigenvalue weighted by atomic mass is 10.1. The van der Waals surface area contributed by atoms with Crippen molar-refractivity contribution in [1.29, 1.82) is 0 Å². The van der Waals surface area contributed by atoms with Crippen LogP contribution in [-0.2, 0) is 6.54 Å². The Labute approximate surface area is 84.7 Å². The van der Waals surface area contributed by atoms with E-state index in [0.717, 1.165) is 6.07 Å². The van der Waals surface area contributed by atoms with Crippen LogP contribution in [0, 0.1) is 6.92 Å². The highest BCUT2D eigenvalue weighted by Crippen LogP contribution is 2.24. The summed E-state index contributed by atoms with van der Waals surface area (Å²) in [5, 5.41) is 8.69. The maximum atomic E-state index is 12.5. The molecule has 0 amide bonds. The molecule has 0 unspecified atom stereocenters. The maximum absolute atomic E-state index is 12.5. The predicted molar refractivity (Wildman–Crippen MR) is 48.8 cm³/mol. The van der Waals surface area contributed by atoms with Gasteiger partial charge in [-0.1, -0.05) is 0 Å². The zero-order chi connectivity index (χ0) is 11.6. The summed E-state index contributed by atoms with van der Waals surface area (Å²) in [7, 11) is 0. The van der Waals surface area contributed by atoms with E-state index in [4.69, 9.17) is 10.8 Å². The van der Waals surface area contributed by atoms with Crippen LogP contribution < -0.4 is 5.73 Å². The highest BCUT2D eigenvalue weighted by molar-refractivity contribution is 5.87. The smallest absolute Gasteiger partial charge is 0.355 e. The fourth-order valence-electron chi connectivity index (χ4n) is 1.22. The van der Waals surface area contributed by atoms with Crippen molar-refractivity contribution in [3.63, 3.8) is 0 Å². The molecule has 1 rings (SSSR count). The molecular formula is C9H10F2N2O2. The molecular weight excluding hydrogens is 206 g/mol. The Bertz CT molecular complexity index is 394. The van der Waals surface area contributed by atoms with Gasteiger partial charge in [-0.15, -0.1) is 0 Å². The summed E-state index contributed by atoms with van der Waals surface area (Å²) >= 11 is 0. The fourth-order valence-corrected chi connectivity index (χ4v) is 1.22. The number of halogens is 2. The first-order valence-electron chi connectivity index (χ1n) is 4.19. The third-order valence-electron chi connectivity index (χ3n) is 1.98. The average Bonchev–Trinajstić information content (AvgIpc) is 2.16. The second-order valence-corrected chi connectivity index (χ2v) is 3.00. The molecule has 0 saturated heterocycles. The number of rotatable bonds is 3. The number of aryl methyl sites for hydroxylation is 1. The summed E-state index contributed by atoms with van der Waals surface area (Å²) in [5.41, 5.74) is 4.89. The standard InChI is InChI=1S/C9H10F2N2O2/c1-4-2-5(8(10)11)7(9(14)15)13-6(4)3-12/h2,8H,3,12H2,1H3,(H,14,15). The molecule has 6 heteroatoms. The van der Waals surface area contributed by atoms with Gasteiger partial charge >= 0.3 is 5.97 Å². The van der Waals surface area contributed by atoms with Crippen molar-refractivity contribution < 1.29 is 18.7 Å². The summed E-state index contributed by atoms with van der Waals surface area (Å²) in [6.45, 7) is 1.59. The lowest BCUT2D eigenvalue weighted by Crippen LogP contribution is -2.12. The van der Waals surface area contributed by atoms with Gasteiger partial charge in [0.15, 0.2) is 5.69 Å². The van der Waals surface area contributed by atoms with Gasteiger partial charge in [-0.25, -0.2) is 18.6 Å². The van der Waals surface area contributed by atoms with E-state index in [0.29, 0.717) is 11.3 Å². The van der Waals surface area contributed by atoms with Gasteiger partial charge in [0.05, 0.1) is 11.3 Å². The number of hydrogen-bond donors (Lipinski definition) is 2. The molecule has 0 saturated carbocycles. The highest BCUT2D eigenvalue weighted by Gasteiger charge is 2.21. The van der Waals surface area contributed by atoms with Crippen molar-refractivity contribution >= 4 is 5.97 Å². The van der Waals surface area contributed by atoms with Crippen LogP contribution in [-0.4, -0.2) is 16.1 Å². The molecule has 1 aromatic heterocycles. The van der Waals surface area contributed by atoms with Crippen molar-refractivity contribution in [3.05, 3.63) is 28.6 Å². The molecule has 15 heavy (non-hydrogen) atoms.